The van der Waals surface area contributed by atoms with Crippen LogP contribution < -0.4 is 10.8 Å². The van der Waals surface area contributed by atoms with E-state index in [-0.39, 0.29) is 25.7 Å². The van der Waals surface area contributed by atoms with E-state index < -0.39 is 17.9 Å². The molecule has 0 aliphatic carbocycles. The highest BCUT2D eigenvalue weighted by molar-refractivity contribution is 5.80. The fourth-order valence-electron chi connectivity index (χ4n) is 3.13. The number of ether oxygens (including phenoxy) is 2. The predicted molar refractivity (Wildman–Crippen MR) is 114 cm³/mol. The Labute approximate surface area is 181 Å². The standard InChI is InChI=1S/C23H27N3O5/c1-16(23(28)26-29)10-21(14-31-15-30-2)25-22(27)12-17-6-8-19(9-7-17)20-5-3-4-18(11-20)13-24/h3-9,11,16,21,29H,10,12,14-15H2,1-2H3,(H,25,27)(H,26,28)/t16-,21-/m0/s1. The van der Waals surface area contributed by atoms with Crippen molar-refractivity contribution in [2.75, 3.05) is 20.5 Å². The molecule has 0 saturated carbocycles. The van der Waals surface area contributed by atoms with E-state index in [1.54, 1.807) is 18.5 Å². The second kappa shape index (κ2) is 12.4. The van der Waals surface area contributed by atoms with Gasteiger partial charge in [-0.3, -0.25) is 14.8 Å². The molecule has 2 aromatic rings. The van der Waals surface area contributed by atoms with Crippen molar-refractivity contribution >= 4 is 11.8 Å². The Kier molecular flexibility index (Phi) is 9.65. The summed E-state index contributed by atoms with van der Waals surface area (Å²) in [6, 6.07) is 16.6. The molecule has 3 N–H and O–H groups in total. The smallest absolute Gasteiger partial charge is 0.246 e. The number of nitrogens with one attached hydrogen (secondary N) is 2. The van der Waals surface area contributed by atoms with Crippen molar-refractivity contribution < 1.29 is 24.3 Å². The molecule has 0 aromatic heterocycles. The fraction of sp³-hybridized carbons (Fsp3) is 0.348. The highest BCUT2D eigenvalue weighted by atomic mass is 16.7. The number of hydroxylamine groups is 1. The van der Waals surface area contributed by atoms with E-state index in [0.29, 0.717) is 12.0 Å². The number of rotatable bonds is 11. The molecule has 2 rings (SSSR count). The summed E-state index contributed by atoms with van der Waals surface area (Å²) in [5.41, 5.74) is 4.93. The molecule has 31 heavy (non-hydrogen) atoms. The van der Waals surface area contributed by atoms with Crippen LogP contribution in [0.25, 0.3) is 11.1 Å². The van der Waals surface area contributed by atoms with Gasteiger partial charge in [-0.1, -0.05) is 43.3 Å². The lowest BCUT2D eigenvalue weighted by molar-refractivity contribution is -0.134. The summed E-state index contributed by atoms with van der Waals surface area (Å²) in [5, 5.41) is 20.7. The summed E-state index contributed by atoms with van der Waals surface area (Å²) in [5.74, 6) is -1.24. The van der Waals surface area contributed by atoms with Gasteiger partial charge in [0.1, 0.15) is 6.79 Å². The first-order chi connectivity index (χ1) is 15.0. The van der Waals surface area contributed by atoms with Crippen molar-refractivity contribution in [3.8, 4) is 17.2 Å². The molecule has 0 fully saturated rings. The molecule has 0 saturated heterocycles. The molecule has 2 aromatic carbocycles. The van der Waals surface area contributed by atoms with Crippen LogP contribution in [0.5, 0.6) is 0 Å². The van der Waals surface area contributed by atoms with Crippen molar-refractivity contribution in [1.29, 1.82) is 5.26 Å². The van der Waals surface area contributed by atoms with E-state index in [2.05, 4.69) is 11.4 Å². The van der Waals surface area contributed by atoms with Crippen LogP contribution in [0.1, 0.15) is 24.5 Å². The number of hydrogen-bond acceptors (Lipinski definition) is 6. The minimum atomic E-state index is -0.526. The second-order valence-electron chi connectivity index (χ2n) is 7.22. The Hall–Kier alpha value is -3.25. The molecule has 8 nitrogen and oxygen atoms in total. The van der Waals surface area contributed by atoms with E-state index >= 15 is 0 Å². The van der Waals surface area contributed by atoms with Crippen molar-refractivity contribution in [3.63, 3.8) is 0 Å². The number of methoxy groups -OCH3 is 1. The zero-order valence-electron chi connectivity index (χ0n) is 17.6. The molecule has 0 unspecified atom stereocenters. The molecule has 2 atom stereocenters. The first-order valence-corrected chi connectivity index (χ1v) is 9.86. The quantitative estimate of drug-likeness (QED) is 0.220. The van der Waals surface area contributed by atoms with Crippen LogP contribution in [-0.4, -0.2) is 43.6 Å². The van der Waals surface area contributed by atoms with E-state index in [9.17, 15) is 9.59 Å². The minimum Gasteiger partial charge on any atom is -0.359 e. The van der Waals surface area contributed by atoms with Gasteiger partial charge in [0.25, 0.3) is 0 Å². The zero-order chi connectivity index (χ0) is 22.6. The number of amides is 2. The third-order valence-electron chi connectivity index (χ3n) is 4.72. The first-order valence-electron chi connectivity index (χ1n) is 9.86. The average Bonchev–Trinajstić information content (AvgIpc) is 2.79. The highest BCUT2D eigenvalue weighted by Gasteiger charge is 2.21. The predicted octanol–water partition coefficient (Wildman–Crippen LogP) is 2.40. The number of carbonyl (C=O) groups is 2. The van der Waals surface area contributed by atoms with Crippen LogP contribution in [0, 0.1) is 17.2 Å². The number of nitriles is 1. The minimum absolute atomic E-state index is 0.0708. The maximum atomic E-state index is 12.5. The van der Waals surface area contributed by atoms with Gasteiger partial charge in [-0.25, -0.2) is 5.48 Å². The van der Waals surface area contributed by atoms with Gasteiger partial charge >= 0.3 is 0 Å². The molecular formula is C23H27N3O5. The maximum Gasteiger partial charge on any atom is 0.246 e. The van der Waals surface area contributed by atoms with Crippen LogP contribution in [0.2, 0.25) is 0 Å². The van der Waals surface area contributed by atoms with Gasteiger partial charge in [0.15, 0.2) is 0 Å². The van der Waals surface area contributed by atoms with Gasteiger partial charge in [0.2, 0.25) is 11.8 Å². The van der Waals surface area contributed by atoms with Crippen molar-refractivity contribution in [3.05, 3.63) is 59.7 Å². The van der Waals surface area contributed by atoms with Crippen molar-refractivity contribution in [1.82, 2.24) is 10.8 Å². The van der Waals surface area contributed by atoms with E-state index in [1.807, 2.05) is 42.5 Å². The lowest BCUT2D eigenvalue weighted by Crippen LogP contribution is -2.42. The summed E-state index contributed by atoms with van der Waals surface area (Å²) in [7, 11) is 1.50. The van der Waals surface area contributed by atoms with Crippen LogP contribution in [0.15, 0.2) is 48.5 Å². The van der Waals surface area contributed by atoms with Gasteiger partial charge in [-0.05, 0) is 35.2 Å². The third kappa shape index (κ3) is 7.83. The summed E-state index contributed by atoms with van der Waals surface area (Å²) in [6.45, 7) is 1.90. The van der Waals surface area contributed by atoms with E-state index in [1.165, 1.54) is 7.11 Å². The maximum absolute atomic E-state index is 12.5. The van der Waals surface area contributed by atoms with Crippen molar-refractivity contribution in [2.24, 2.45) is 5.92 Å². The van der Waals surface area contributed by atoms with Gasteiger partial charge in [-0.2, -0.15) is 5.26 Å². The third-order valence-corrected chi connectivity index (χ3v) is 4.72. The number of benzene rings is 2. The largest absolute Gasteiger partial charge is 0.359 e. The van der Waals surface area contributed by atoms with Crippen LogP contribution in [-0.2, 0) is 25.5 Å². The van der Waals surface area contributed by atoms with Gasteiger partial charge in [0, 0.05) is 13.0 Å². The molecule has 0 heterocycles. The Balaban J connectivity index is 1.99. The van der Waals surface area contributed by atoms with E-state index in [4.69, 9.17) is 19.9 Å². The van der Waals surface area contributed by atoms with Crippen LogP contribution in [0.3, 0.4) is 0 Å². The zero-order valence-corrected chi connectivity index (χ0v) is 17.6. The van der Waals surface area contributed by atoms with Gasteiger partial charge in [-0.15, -0.1) is 0 Å². The Morgan fingerprint density at radius 1 is 1.16 bits per heavy atom. The molecule has 0 bridgehead atoms. The normalized spacial score (nSPS) is 12.5. The van der Waals surface area contributed by atoms with Crippen molar-refractivity contribution in [2.45, 2.75) is 25.8 Å². The summed E-state index contributed by atoms with van der Waals surface area (Å²) < 4.78 is 10.2. The number of nitrogens with zero attached hydrogens (tertiary/aromatic N) is 1. The second-order valence-corrected chi connectivity index (χ2v) is 7.22. The molecule has 164 valence electrons. The lowest BCUT2D eigenvalue weighted by Gasteiger charge is -2.21. The molecule has 2 amide bonds. The molecule has 0 radical (unpaired) electrons. The molecule has 0 aliphatic heterocycles. The molecular weight excluding hydrogens is 398 g/mol. The Morgan fingerprint density at radius 2 is 1.90 bits per heavy atom. The Morgan fingerprint density at radius 3 is 2.55 bits per heavy atom. The molecule has 8 heteroatoms. The number of carbonyl (C=O) groups excluding carboxylic acids is 2. The lowest BCUT2D eigenvalue weighted by atomic mass is 10.00. The van der Waals surface area contributed by atoms with E-state index in [0.717, 1.165) is 16.7 Å². The SMILES string of the molecule is COCOC[C@H](C[C@H](C)C(=O)NO)NC(=O)Cc1ccc(-c2cccc(C#N)c2)cc1. The van der Waals surface area contributed by atoms with Gasteiger partial charge in [0.05, 0.1) is 30.7 Å². The molecule has 0 aliphatic rings. The first kappa shape index (κ1) is 24.0. The summed E-state index contributed by atoms with van der Waals surface area (Å²) in [6.07, 6.45) is 0.468. The highest BCUT2D eigenvalue weighted by Crippen LogP contribution is 2.21. The number of hydrogen-bond donors (Lipinski definition) is 3. The summed E-state index contributed by atoms with van der Waals surface area (Å²) >= 11 is 0. The monoisotopic (exact) mass is 425 g/mol. The average molecular weight is 425 g/mol. The Bertz CT molecular complexity index is 908. The van der Waals surface area contributed by atoms with Gasteiger partial charge < -0.3 is 14.8 Å². The molecule has 0 spiro atoms. The topological polar surface area (TPSA) is 121 Å². The van der Waals surface area contributed by atoms with Crippen LogP contribution in [0.4, 0.5) is 0 Å². The van der Waals surface area contributed by atoms with Crippen LogP contribution >= 0.6 is 0 Å². The fourth-order valence-corrected chi connectivity index (χ4v) is 3.13. The summed E-state index contributed by atoms with van der Waals surface area (Å²) in [4.78, 5) is 24.1.